The summed E-state index contributed by atoms with van der Waals surface area (Å²) in [6, 6.07) is 0. The second kappa shape index (κ2) is 2.91. The van der Waals surface area contributed by atoms with Crippen LogP contribution in [0.15, 0.2) is 24.3 Å². The monoisotopic (exact) mass is 167 g/mol. The smallest absolute Gasteiger partial charge is 0.178 e. The van der Waals surface area contributed by atoms with E-state index in [1.807, 2.05) is 0 Å². The number of ketones is 1. The summed E-state index contributed by atoms with van der Waals surface area (Å²) in [6.45, 7) is 0. The second-order valence-electron chi connectivity index (χ2n) is 2.61. The van der Waals surface area contributed by atoms with Crippen molar-refractivity contribution >= 4 is 11.8 Å². The van der Waals surface area contributed by atoms with Crippen molar-refractivity contribution in [1.82, 2.24) is 0 Å². The topological polar surface area (TPSA) is 77.4 Å². The molecule has 0 heterocycles. The van der Waals surface area contributed by atoms with Crippen LogP contribution in [0.1, 0.15) is 6.42 Å². The number of carbonyl (C=O) groups is 2. The van der Waals surface area contributed by atoms with Gasteiger partial charge in [0.25, 0.3) is 0 Å². The van der Waals surface area contributed by atoms with Gasteiger partial charge in [-0.2, -0.15) is 0 Å². The summed E-state index contributed by atoms with van der Waals surface area (Å²) in [5.74, 6) is -1.63. The van der Waals surface area contributed by atoms with Crippen molar-refractivity contribution in [1.29, 1.82) is 0 Å². The van der Waals surface area contributed by atoms with Crippen LogP contribution < -0.4 is 5.11 Å². The average molecular weight is 167 g/mol. The van der Waals surface area contributed by atoms with E-state index in [1.165, 1.54) is 0 Å². The van der Waals surface area contributed by atoms with Crippen LogP contribution in [0.5, 0.6) is 0 Å². The summed E-state index contributed by atoms with van der Waals surface area (Å²) in [7, 11) is 0. The molecule has 0 saturated heterocycles. The minimum atomic E-state index is -1.56. The summed E-state index contributed by atoms with van der Waals surface area (Å²) in [4.78, 5) is 20.7. The average Bonchev–Trinajstić information content (AvgIpc) is 1.94. The lowest BCUT2D eigenvalue weighted by atomic mass is 9.94. The number of carbonyl (C=O) groups excluding carboxylic acids is 2. The number of rotatable bonds is 2. The van der Waals surface area contributed by atoms with Gasteiger partial charge in [-0.1, -0.05) is 0 Å². The van der Waals surface area contributed by atoms with Crippen LogP contribution in [0.3, 0.4) is 0 Å². The number of hydrogen-bond acceptors (Lipinski definition) is 4. The molecule has 4 heteroatoms. The van der Waals surface area contributed by atoms with Crippen molar-refractivity contribution in [3.05, 3.63) is 24.3 Å². The summed E-state index contributed by atoms with van der Waals surface area (Å²) in [6.07, 6.45) is 4.01. The Hall–Kier alpha value is -1.42. The van der Waals surface area contributed by atoms with E-state index in [1.54, 1.807) is 0 Å². The van der Waals surface area contributed by atoms with Gasteiger partial charge in [-0.05, 0) is 24.3 Å². The van der Waals surface area contributed by atoms with E-state index in [0.29, 0.717) is 0 Å². The molecule has 0 unspecified atom stereocenters. The molecule has 64 valence electrons. The number of allylic oxidation sites excluding steroid dienone is 2. The zero-order valence-electron chi connectivity index (χ0n) is 6.19. The highest BCUT2D eigenvalue weighted by Crippen LogP contribution is 2.17. The molecule has 0 atom stereocenters. The molecule has 0 radical (unpaired) electrons. The fourth-order valence-corrected chi connectivity index (χ4v) is 0.913. The van der Waals surface area contributed by atoms with Gasteiger partial charge in [-0.15, -0.1) is 0 Å². The third-order valence-electron chi connectivity index (χ3n) is 1.50. The number of carboxylic acid groups (broad SMARTS) is 1. The van der Waals surface area contributed by atoms with Crippen molar-refractivity contribution < 1.29 is 19.8 Å². The summed E-state index contributed by atoms with van der Waals surface area (Å²) >= 11 is 0. The van der Waals surface area contributed by atoms with Gasteiger partial charge < -0.3 is 15.0 Å². The molecule has 12 heavy (non-hydrogen) atoms. The Kier molecular flexibility index (Phi) is 2.10. The molecular formula is C8H7O4-. The SMILES string of the molecule is O=C1C=CC(O)(CC(=O)[O-])C=C1. The molecule has 0 bridgehead atoms. The number of hydrogen-bond donors (Lipinski definition) is 1. The van der Waals surface area contributed by atoms with Crippen LogP contribution in [0, 0.1) is 0 Å². The Morgan fingerprint density at radius 1 is 1.50 bits per heavy atom. The molecular weight excluding hydrogens is 160 g/mol. The third kappa shape index (κ3) is 2.03. The first-order chi connectivity index (χ1) is 5.52. The van der Waals surface area contributed by atoms with Crippen LogP contribution in [0.4, 0.5) is 0 Å². The van der Waals surface area contributed by atoms with Crippen molar-refractivity contribution in [3.8, 4) is 0 Å². The molecule has 4 nitrogen and oxygen atoms in total. The zero-order chi connectivity index (χ0) is 9.19. The molecule has 1 N–H and O–H groups in total. The van der Waals surface area contributed by atoms with E-state index in [9.17, 15) is 19.8 Å². The van der Waals surface area contributed by atoms with Crippen LogP contribution in [0.25, 0.3) is 0 Å². The largest absolute Gasteiger partial charge is 0.550 e. The van der Waals surface area contributed by atoms with Crippen LogP contribution in [-0.4, -0.2) is 22.5 Å². The fraction of sp³-hybridized carbons (Fsp3) is 0.250. The highest BCUT2D eigenvalue weighted by molar-refractivity contribution is 6.00. The first-order valence-corrected chi connectivity index (χ1v) is 3.36. The predicted molar refractivity (Wildman–Crippen MR) is 37.9 cm³/mol. The van der Waals surface area contributed by atoms with Crippen molar-refractivity contribution in [2.75, 3.05) is 0 Å². The van der Waals surface area contributed by atoms with Crippen LogP contribution in [0.2, 0.25) is 0 Å². The van der Waals surface area contributed by atoms with Gasteiger partial charge in [0.2, 0.25) is 0 Å². The molecule has 0 spiro atoms. The van der Waals surface area contributed by atoms with E-state index in [2.05, 4.69) is 0 Å². The van der Waals surface area contributed by atoms with Gasteiger partial charge in [0.05, 0.1) is 0 Å². The van der Waals surface area contributed by atoms with E-state index < -0.39 is 18.0 Å². The van der Waals surface area contributed by atoms with Gasteiger partial charge >= 0.3 is 0 Å². The molecule has 1 aliphatic carbocycles. The van der Waals surface area contributed by atoms with Gasteiger partial charge in [0, 0.05) is 12.4 Å². The minimum Gasteiger partial charge on any atom is -0.550 e. The lowest BCUT2D eigenvalue weighted by Crippen LogP contribution is -2.35. The Morgan fingerprint density at radius 2 is 2.00 bits per heavy atom. The molecule has 0 fully saturated rings. The molecule has 0 aliphatic heterocycles. The highest BCUT2D eigenvalue weighted by atomic mass is 16.4. The van der Waals surface area contributed by atoms with Crippen molar-refractivity contribution in [3.63, 3.8) is 0 Å². The minimum absolute atomic E-state index is 0.266. The van der Waals surface area contributed by atoms with Gasteiger partial charge in [0.15, 0.2) is 5.78 Å². The van der Waals surface area contributed by atoms with Crippen molar-refractivity contribution in [2.45, 2.75) is 12.0 Å². The quantitative estimate of drug-likeness (QED) is 0.546. The Labute approximate surface area is 68.8 Å². The Bertz CT molecular complexity index is 259. The highest BCUT2D eigenvalue weighted by Gasteiger charge is 2.22. The molecule has 0 saturated carbocycles. The summed E-state index contributed by atoms with van der Waals surface area (Å²) < 4.78 is 0. The lowest BCUT2D eigenvalue weighted by Gasteiger charge is -2.22. The maximum Gasteiger partial charge on any atom is 0.178 e. The van der Waals surface area contributed by atoms with E-state index in [0.717, 1.165) is 24.3 Å². The molecule has 1 aliphatic rings. The van der Waals surface area contributed by atoms with Crippen molar-refractivity contribution in [2.24, 2.45) is 0 Å². The molecule has 1 rings (SSSR count). The van der Waals surface area contributed by atoms with Gasteiger partial charge in [0.1, 0.15) is 5.60 Å². The molecule has 0 aromatic rings. The molecule has 0 amide bonds. The molecule has 0 aromatic carbocycles. The lowest BCUT2D eigenvalue weighted by molar-refractivity contribution is -0.307. The van der Waals surface area contributed by atoms with Crippen LogP contribution >= 0.6 is 0 Å². The third-order valence-corrected chi connectivity index (χ3v) is 1.50. The summed E-state index contributed by atoms with van der Waals surface area (Å²) in [5, 5.41) is 19.5. The Balaban J connectivity index is 2.74. The normalized spacial score (nSPS) is 19.6. The maximum atomic E-state index is 10.6. The number of aliphatic carboxylic acids is 1. The first-order valence-electron chi connectivity index (χ1n) is 3.36. The summed E-state index contributed by atoms with van der Waals surface area (Å²) in [5.41, 5.74) is -1.56. The predicted octanol–water partition coefficient (Wildman–Crippen LogP) is -1.45. The Morgan fingerprint density at radius 3 is 2.42 bits per heavy atom. The van der Waals surface area contributed by atoms with E-state index in [-0.39, 0.29) is 5.78 Å². The first kappa shape index (κ1) is 8.67. The van der Waals surface area contributed by atoms with Crippen LogP contribution in [-0.2, 0) is 9.59 Å². The zero-order valence-corrected chi connectivity index (χ0v) is 6.19. The van der Waals surface area contributed by atoms with E-state index in [4.69, 9.17) is 0 Å². The maximum absolute atomic E-state index is 10.6. The number of aliphatic hydroxyl groups is 1. The van der Waals surface area contributed by atoms with Gasteiger partial charge in [-0.3, -0.25) is 4.79 Å². The number of carboxylic acids is 1. The van der Waals surface area contributed by atoms with E-state index >= 15 is 0 Å². The fourth-order valence-electron chi connectivity index (χ4n) is 0.913. The standard InChI is InChI=1S/C8H8O4/c9-6-1-3-8(12,4-2-6)5-7(10)11/h1-4,12H,5H2,(H,10,11)/p-1. The molecule has 0 aromatic heterocycles. The second-order valence-corrected chi connectivity index (χ2v) is 2.61. The van der Waals surface area contributed by atoms with Gasteiger partial charge in [-0.25, -0.2) is 0 Å².